The molecule has 0 aromatic heterocycles. The van der Waals surface area contributed by atoms with E-state index in [1.165, 1.54) is 5.70 Å². The van der Waals surface area contributed by atoms with Gasteiger partial charge in [-0.3, -0.25) is 0 Å². The molecule has 1 aromatic rings. The lowest BCUT2D eigenvalue weighted by Crippen LogP contribution is -2.41. The van der Waals surface area contributed by atoms with Gasteiger partial charge in [0.25, 0.3) is 0 Å². The van der Waals surface area contributed by atoms with Gasteiger partial charge in [0.05, 0.1) is 22.8 Å². The van der Waals surface area contributed by atoms with Crippen LogP contribution in [0.2, 0.25) is 0 Å². The van der Waals surface area contributed by atoms with Crippen LogP contribution in [-0.2, 0) is 4.74 Å². The van der Waals surface area contributed by atoms with E-state index in [0.29, 0.717) is 6.10 Å². The molecule has 1 aromatic carbocycles. The summed E-state index contributed by atoms with van der Waals surface area (Å²) in [5, 5.41) is 0.731. The Bertz CT molecular complexity index is 482. The van der Waals surface area contributed by atoms with Crippen molar-refractivity contribution in [3.8, 4) is 5.75 Å². The van der Waals surface area contributed by atoms with Crippen LogP contribution in [0.1, 0.15) is 13.3 Å². The molecule has 0 radical (unpaired) electrons. The van der Waals surface area contributed by atoms with Crippen LogP contribution in [-0.4, -0.2) is 24.6 Å². The lowest BCUT2D eigenvalue weighted by atomic mass is 10.1. The van der Waals surface area contributed by atoms with Crippen molar-refractivity contribution >= 4 is 21.6 Å². The van der Waals surface area contributed by atoms with Crippen molar-refractivity contribution in [3.63, 3.8) is 0 Å². The summed E-state index contributed by atoms with van der Waals surface area (Å²) in [6.45, 7) is 3.90. The number of alkyl halides is 1. The molecule has 3 nitrogen and oxygen atoms in total. The largest absolute Gasteiger partial charge is 0.457 e. The summed E-state index contributed by atoms with van der Waals surface area (Å²) in [6.07, 6.45) is 1.50. The zero-order valence-corrected chi connectivity index (χ0v) is 11.9. The Morgan fingerprint density at radius 3 is 2.83 bits per heavy atom. The summed E-state index contributed by atoms with van der Waals surface area (Å²) in [7, 11) is 0. The van der Waals surface area contributed by atoms with Gasteiger partial charge in [-0.25, -0.2) is 0 Å². The molecular formula is C14H16BrNO2. The highest BCUT2D eigenvalue weighted by Crippen LogP contribution is 2.38. The topological polar surface area (TPSA) is 21.7 Å². The molecule has 4 heteroatoms. The number of para-hydroxylation sites is 2. The molecule has 2 aliphatic rings. The number of hydrogen-bond donors (Lipinski definition) is 0. The Morgan fingerprint density at radius 2 is 2.17 bits per heavy atom. The minimum atomic E-state index is 0.350. The van der Waals surface area contributed by atoms with E-state index in [0.717, 1.165) is 42.1 Å². The van der Waals surface area contributed by atoms with Crippen molar-refractivity contribution in [1.82, 2.24) is 0 Å². The standard InChI is InChI=1S/C14H16BrNO2/c1-10-14(8-15)18-13-5-3-2-4-12(13)16(10)9-11-6-7-17-11/h2-5,11H,6-9H2,1H3/t11-/m0/s1. The molecule has 0 spiro atoms. The summed E-state index contributed by atoms with van der Waals surface area (Å²) in [4.78, 5) is 2.30. The van der Waals surface area contributed by atoms with E-state index in [9.17, 15) is 0 Å². The van der Waals surface area contributed by atoms with Crippen molar-refractivity contribution in [2.75, 3.05) is 23.4 Å². The van der Waals surface area contributed by atoms with E-state index >= 15 is 0 Å². The Hall–Kier alpha value is -1.00. The Labute approximate surface area is 116 Å². The smallest absolute Gasteiger partial charge is 0.150 e. The molecule has 0 bridgehead atoms. The predicted molar refractivity (Wildman–Crippen MR) is 75.3 cm³/mol. The molecule has 0 N–H and O–H groups in total. The van der Waals surface area contributed by atoms with Crippen LogP contribution in [0.4, 0.5) is 5.69 Å². The highest BCUT2D eigenvalue weighted by atomic mass is 79.9. The fourth-order valence-electron chi connectivity index (χ4n) is 2.30. The predicted octanol–water partition coefficient (Wildman–Crippen LogP) is 3.30. The minimum Gasteiger partial charge on any atom is -0.457 e. The van der Waals surface area contributed by atoms with Gasteiger partial charge in [0.2, 0.25) is 0 Å². The van der Waals surface area contributed by atoms with E-state index in [4.69, 9.17) is 9.47 Å². The van der Waals surface area contributed by atoms with Gasteiger partial charge in [0, 0.05) is 13.2 Å². The summed E-state index contributed by atoms with van der Waals surface area (Å²) < 4.78 is 11.5. The van der Waals surface area contributed by atoms with E-state index in [2.05, 4.69) is 33.8 Å². The molecule has 0 amide bonds. The molecule has 2 aliphatic heterocycles. The summed E-state index contributed by atoms with van der Waals surface area (Å²) in [5.41, 5.74) is 2.30. The zero-order valence-electron chi connectivity index (χ0n) is 10.4. The van der Waals surface area contributed by atoms with Gasteiger partial charge in [0.15, 0.2) is 5.75 Å². The van der Waals surface area contributed by atoms with E-state index < -0.39 is 0 Å². The van der Waals surface area contributed by atoms with Gasteiger partial charge in [-0.05, 0) is 25.5 Å². The maximum absolute atomic E-state index is 5.91. The van der Waals surface area contributed by atoms with Crippen molar-refractivity contribution in [3.05, 3.63) is 35.7 Å². The second-order valence-electron chi connectivity index (χ2n) is 4.60. The van der Waals surface area contributed by atoms with E-state index in [1.54, 1.807) is 0 Å². The summed E-state index contributed by atoms with van der Waals surface area (Å²) in [6, 6.07) is 8.16. The normalized spacial score (nSPS) is 22.3. The SMILES string of the molecule is CC1=C(CBr)Oc2ccccc2N1C[C@@H]1CCO1. The van der Waals surface area contributed by atoms with Crippen LogP contribution in [0.3, 0.4) is 0 Å². The number of hydrogen-bond acceptors (Lipinski definition) is 3. The van der Waals surface area contributed by atoms with Crippen LogP contribution in [0.5, 0.6) is 5.75 Å². The number of allylic oxidation sites excluding steroid dienone is 2. The third-order valence-electron chi connectivity index (χ3n) is 3.50. The van der Waals surface area contributed by atoms with Gasteiger partial charge in [0.1, 0.15) is 5.76 Å². The number of ether oxygens (including phenoxy) is 2. The highest BCUT2D eigenvalue weighted by molar-refractivity contribution is 9.09. The number of halogens is 1. The molecule has 0 saturated carbocycles. The third kappa shape index (κ3) is 2.04. The number of rotatable bonds is 3. The van der Waals surface area contributed by atoms with Crippen molar-refractivity contribution in [1.29, 1.82) is 0 Å². The Balaban J connectivity index is 1.94. The quantitative estimate of drug-likeness (QED) is 0.800. The lowest BCUT2D eigenvalue weighted by Gasteiger charge is -2.38. The summed E-state index contributed by atoms with van der Waals surface area (Å²) >= 11 is 3.49. The fourth-order valence-corrected chi connectivity index (χ4v) is 2.82. The van der Waals surface area contributed by atoms with Crippen LogP contribution >= 0.6 is 15.9 Å². The van der Waals surface area contributed by atoms with Crippen molar-refractivity contribution in [2.24, 2.45) is 0 Å². The monoisotopic (exact) mass is 309 g/mol. The highest BCUT2D eigenvalue weighted by Gasteiger charge is 2.28. The first-order chi connectivity index (χ1) is 8.79. The van der Waals surface area contributed by atoms with Gasteiger partial charge in [-0.15, -0.1) is 0 Å². The van der Waals surface area contributed by atoms with Crippen molar-refractivity contribution in [2.45, 2.75) is 19.4 Å². The molecule has 1 fully saturated rings. The van der Waals surface area contributed by atoms with Gasteiger partial charge in [-0.1, -0.05) is 28.1 Å². The third-order valence-corrected chi connectivity index (χ3v) is 4.01. The van der Waals surface area contributed by atoms with E-state index in [-0.39, 0.29) is 0 Å². The molecule has 2 heterocycles. The van der Waals surface area contributed by atoms with E-state index in [1.807, 2.05) is 18.2 Å². The van der Waals surface area contributed by atoms with Crippen LogP contribution in [0, 0.1) is 0 Å². The van der Waals surface area contributed by atoms with Gasteiger partial charge in [-0.2, -0.15) is 0 Å². The van der Waals surface area contributed by atoms with Crippen LogP contribution in [0.15, 0.2) is 35.7 Å². The number of benzene rings is 1. The van der Waals surface area contributed by atoms with Crippen LogP contribution < -0.4 is 9.64 Å². The average molecular weight is 310 g/mol. The molecule has 18 heavy (non-hydrogen) atoms. The second kappa shape index (κ2) is 4.94. The Kier molecular flexibility index (Phi) is 3.31. The molecule has 0 unspecified atom stereocenters. The number of nitrogens with zero attached hydrogens (tertiary/aromatic N) is 1. The molecule has 1 atom stereocenters. The van der Waals surface area contributed by atoms with Crippen LogP contribution in [0.25, 0.3) is 0 Å². The zero-order chi connectivity index (χ0) is 12.5. The second-order valence-corrected chi connectivity index (χ2v) is 5.16. The molecule has 96 valence electrons. The lowest BCUT2D eigenvalue weighted by molar-refractivity contribution is -0.0440. The van der Waals surface area contributed by atoms with Gasteiger partial charge < -0.3 is 14.4 Å². The molecule has 1 saturated heterocycles. The van der Waals surface area contributed by atoms with Gasteiger partial charge >= 0.3 is 0 Å². The molecular weight excluding hydrogens is 294 g/mol. The number of anilines is 1. The first-order valence-electron chi connectivity index (χ1n) is 6.21. The molecule has 3 rings (SSSR count). The minimum absolute atomic E-state index is 0.350. The summed E-state index contributed by atoms with van der Waals surface area (Å²) in [5.74, 6) is 1.91. The molecule has 0 aliphatic carbocycles. The van der Waals surface area contributed by atoms with Crippen molar-refractivity contribution < 1.29 is 9.47 Å². The maximum atomic E-state index is 5.91. The first-order valence-corrected chi connectivity index (χ1v) is 7.33. The Morgan fingerprint density at radius 1 is 1.39 bits per heavy atom. The fraction of sp³-hybridized carbons (Fsp3) is 0.429. The first kappa shape index (κ1) is 12.1. The maximum Gasteiger partial charge on any atom is 0.150 e. The average Bonchev–Trinajstić information content (AvgIpc) is 2.35. The number of fused-ring (bicyclic) bond motifs is 1.